The average molecular weight is 1130 g/mol. The minimum atomic E-state index is -4.65. The number of halogens is 7. The van der Waals surface area contributed by atoms with Crippen molar-refractivity contribution in [2.75, 3.05) is 42.3 Å². The van der Waals surface area contributed by atoms with Gasteiger partial charge in [-0.2, -0.15) is 26.3 Å². The van der Waals surface area contributed by atoms with Gasteiger partial charge in [-0.05, 0) is 75.0 Å². The van der Waals surface area contributed by atoms with Gasteiger partial charge in [0.15, 0.2) is 5.69 Å². The van der Waals surface area contributed by atoms with Crippen LogP contribution in [-0.4, -0.2) is 113 Å². The number of fused-ring (bicyclic) bond motifs is 2. The van der Waals surface area contributed by atoms with Crippen LogP contribution in [0.3, 0.4) is 0 Å². The van der Waals surface area contributed by atoms with E-state index in [1.165, 1.54) is 27.2 Å². The van der Waals surface area contributed by atoms with Crippen LogP contribution in [0.1, 0.15) is 96.2 Å². The van der Waals surface area contributed by atoms with Gasteiger partial charge in [0, 0.05) is 95.9 Å². The van der Waals surface area contributed by atoms with Gasteiger partial charge in [-0.15, -0.1) is 0 Å². The Kier molecular flexibility index (Phi) is 25.0. The fourth-order valence-electron chi connectivity index (χ4n) is 7.00. The highest BCUT2D eigenvalue weighted by molar-refractivity contribution is 6.06. The van der Waals surface area contributed by atoms with Crippen LogP contribution < -0.4 is 31.9 Å². The molecule has 0 atom stereocenters. The Morgan fingerprint density at radius 1 is 0.469 bits per heavy atom. The topological polar surface area (TPSA) is 265 Å². The first-order chi connectivity index (χ1) is 38.3. The lowest BCUT2D eigenvalue weighted by molar-refractivity contribution is -0.141. The number of aryl methyl sites for hydroxylation is 4. The molecule has 81 heavy (non-hydrogen) atoms. The summed E-state index contributed by atoms with van der Waals surface area (Å²) in [6.45, 7) is 7.03. The van der Waals surface area contributed by atoms with Crippen molar-refractivity contribution in [3.05, 3.63) is 196 Å². The van der Waals surface area contributed by atoms with Crippen LogP contribution in [0.4, 0.5) is 30.7 Å². The first kappa shape index (κ1) is 65.4. The second-order valence-electron chi connectivity index (χ2n) is 16.2. The number of carbonyl (C=O) groups excluding carboxylic acids is 6. The van der Waals surface area contributed by atoms with E-state index in [2.05, 4.69) is 66.8 Å². The van der Waals surface area contributed by atoms with E-state index in [0.29, 0.717) is 28.2 Å². The van der Waals surface area contributed by atoms with E-state index in [4.69, 9.17) is 0 Å². The Bertz CT molecular complexity index is 3280. The number of nitrogens with one attached hydrogen (secondary N) is 6. The predicted octanol–water partition coefficient (Wildman–Crippen LogP) is 7.76. The SMILES string of the molecule is CNC(=O)c1c(C)ccnc1C.CNC(=O)c1c(F)cc(C)nc1C.CNC(=O)c1ccnc2ccccc12.CNC(=O)c1cnccc1C(F)(F)F.CNC(=O)c1cncnc1C(F)(F)F.CNC(=O)c1nccc2ccccc12. The molecule has 0 saturated carbocycles. The summed E-state index contributed by atoms with van der Waals surface area (Å²) < 4.78 is 87.1. The van der Waals surface area contributed by atoms with Crippen LogP contribution >= 0.6 is 0 Å². The Balaban J connectivity index is 0.000000255. The molecule has 6 amide bonds. The molecule has 19 nitrogen and oxygen atoms in total. The number of nitrogens with zero attached hydrogens (tertiary/aromatic N) is 7. The normalized spacial score (nSPS) is 10.3. The summed E-state index contributed by atoms with van der Waals surface area (Å²) in [6, 6.07) is 22.7. The van der Waals surface area contributed by atoms with Crippen molar-refractivity contribution < 1.29 is 59.5 Å². The van der Waals surface area contributed by atoms with Gasteiger partial charge in [-0.1, -0.05) is 42.5 Å². The van der Waals surface area contributed by atoms with Crippen molar-refractivity contribution in [2.24, 2.45) is 0 Å². The number of amides is 6. The first-order valence-corrected chi connectivity index (χ1v) is 23.8. The minimum Gasteiger partial charge on any atom is -0.355 e. The number of hydrogen-bond acceptors (Lipinski definition) is 13. The molecule has 0 aliphatic heterocycles. The number of carbonyl (C=O) groups is 6. The van der Waals surface area contributed by atoms with Gasteiger partial charge in [0.1, 0.15) is 17.8 Å². The summed E-state index contributed by atoms with van der Waals surface area (Å²) in [5.74, 6) is -2.93. The van der Waals surface area contributed by atoms with Crippen molar-refractivity contribution in [3.63, 3.8) is 0 Å². The molecule has 8 rings (SSSR count). The van der Waals surface area contributed by atoms with Gasteiger partial charge < -0.3 is 31.9 Å². The van der Waals surface area contributed by atoms with Crippen molar-refractivity contribution in [1.29, 1.82) is 0 Å². The quantitative estimate of drug-likeness (QED) is 0.0871. The number of benzene rings is 2. The van der Waals surface area contributed by atoms with E-state index in [-0.39, 0.29) is 23.3 Å². The number of aromatic nitrogens is 7. The summed E-state index contributed by atoms with van der Waals surface area (Å²) in [6.07, 6.45) is -0.729. The van der Waals surface area contributed by atoms with Crippen molar-refractivity contribution in [3.8, 4) is 0 Å². The molecule has 0 bridgehead atoms. The lowest BCUT2D eigenvalue weighted by Gasteiger charge is -2.10. The molecule has 0 spiro atoms. The summed E-state index contributed by atoms with van der Waals surface area (Å²) in [7, 11) is 8.80. The number of pyridine rings is 5. The maximum Gasteiger partial charge on any atom is 0.434 e. The molecule has 0 aliphatic carbocycles. The van der Waals surface area contributed by atoms with Crippen LogP contribution in [0.25, 0.3) is 21.7 Å². The Morgan fingerprint density at radius 2 is 1.00 bits per heavy atom. The Morgan fingerprint density at radius 3 is 1.58 bits per heavy atom. The first-order valence-electron chi connectivity index (χ1n) is 23.8. The molecule has 6 aromatic heterocycles. The predicted molar refractivity (Wildman–Crippen MR) is 287 cm³/mol. The van der Waals surface area contributed by atoms with Crippen LogP contribution in [-0.2, 0) is 12.4 Å². The lowest BCUT2D eigenvalue weighted by atomic mass is 10.1. The standard InChI is InChI=1S/2C11H10N2O.C9H11FN2O.C9H12N2O.C8H7F3N2O.C7H6F3N3O/c1-12-11(14)9-6-7-13-10-5-3-2-4-8(9)10;1-12-11(14)10-9-5-3-2-4-8(9)6-7-13-10;1-5-4-7(10)8(6(2)12-5)9(13)11-3;1-6-4-5-11-7(2)8(6)9(12)10-3;1-12-7(14)5-4-13-3-2-6(5)8(9,10)11;1-11-6(14)4-2-12-3-13-5(4)7(8,9)10/h2*2-7H,1H3,(H,12,14);4H,1-3H3,(H,11,13);4-5H,1-3H3,(H,10,12);2-4H,1H3,(H,12,14);2-3H,1H3,(H,11,14). The zero-order chi connectivity index (χ0) is 60.6. The fraction of sp³-hybridized carbons (Fsp3) is 0.218. The molecule has 6 heterocycles. The van der Waals surface area contributed by atoms with Crippen LogP contribution in [0, 0.1) is 33.5 Å². The Labute approximate surface area is 460 Å². The lowest BCUT2D eigenvalue weighted by Crippen LogP contribution is -2.23. The molecule has 0 unspecified atom stereocenters. The van der Waals surface area contributed by atoms with Crippen molar-refractivity contribution in [2.45, 2.75) is 40.0 Å². The van der Waals surface area contributed by atoms with Crippen molar-refractivity contribution >= 4 is 57.1 Å². The van der Waals surface area contributed by atoms with Crippen LogP contribution in [0.2, 0.25) is 0 Å². The van der Waals surface area contributed by atoms with E-state index in [0.717, 1.165) is 63.9 Å². The molecular weight excluding hydrogens is 1070 g/mol. The molecule has 0 saturated heterocycles. The Hall–Kier alpha value is -9.88. The molecule has 0 radical (unpaired) electrons. The zero-order valence-corrected chi connectivity index (χ0v) is 45.3. The molecule has 2 aromatic carbocycles. The van der Waals surface area contributed by atoms with Crippen molar-refractivity contribution in [1.82, 2.24) is 66.8 Å². The third kappa shape index (κ3) is 18.6. The minimum absolute atomic E-state index is 0.0214. The number of para-hydroxylation sites is 1. The fourth-order valence-corrected chi connectivity index (χ4v) is 7.00. The highest BCUT2D eigenvalue weighted by atomic mass is 19.4. The maximum atomic E-state index is 13.2. The van der Waals surface area contributed by atoms with Crippen LogP contribution in [0.5, 0.6) is 0 Å². The molecule has 0 fully saturated rings. The smallest absolute Gasteiger partial charge is 0.355 e. The molecule has 8 aromatic rings. The highest BCUT2D eigenvalue weighted by Gasteiger charge is 2.37. The molecular formula is C55H56F7N13O6. The second-order valence-corrected chi connectivity index (χ2v) is 16.2. The number of rotatable bonds is 6. The van der Waals surface area contributed by atoms with E-state index >= 15 is 0 Å². The van der Waals surface area contributed by atoms with Gasteiger partial charge in [0.05, 0.1) is 50.3 Å². The molecule has 0 aliphatic rings. The molecule has 6 N–H and O–H groups in total. The van der Waals surface area contributed by atoms with E-state index in [9.17, 15) is 59.5 Å². The van der Waals surface area contributed by atoms with E-state index in [1.54, 1.807) is 59.6 Å². The average Bonchev–Trinajstić information content (AvgIpc) is 3.46. The monoisotopic (exact) mass is 1130 g/mol. The van der Waals surface area contributed by atoms with Gasteiger partial charge in [-0.3, -0.25) is 53.7 Å². The zero-order valence-electron chi connectivity index (χ0n) is 45.3. The molecule has 426 valence electrons. The summed E-state index contributed by atoms with van der Waals surface area (Å²) in [5.41, 5.74) is 2.14. The van der Waals surface area contributed by atoms with Gasteiger partial charge in [0.2, 0.25) is 0 Å². The van der Waals surface area contributed by atoms with E-state index in [1.807, 2.05) is 74.5 Å². The number of hydrogen-bond donors (Lipinski definition) is 6. The summed E-state index contributed by atoms with van der Waals surface area (Å²) in [4.78, 5) is 93.6. The van der Waals surface area contributed by atoms with Gasteiger partial charge >= 0.3 is 12.4 Å². The second kappa shape index (κ2) is 30.9. The van der Waals surface area contributed by atoms with E-state index < -0.39 is 58.3 Å². The summed E-state index contributed by atoms with van der Waals surface area (Å²) >= 11 is 0. The molecule has 26 heteroatoms. The highest BCUT2D eigenvalue weighted by Crippen LogP contribution is 2.32. The third-order valence-electron chi connectivity index (χ3n) is 10.8. The maximum absolute atomic E-state index is 13.2. The summed E-state index contributed by atoms with van der Waals surface area (Å²) in [5, 5.41) is 17.1. The van der Waals surface area contributed by atoms with Gasteiger partial charge in [0.25, 0.3) is 35.4 Å². The van der Waals surface area contributed by atoms with Gasteiger partial charge in [-0.25, -0.2) is 14.4 Å². The third-order valence-corrected chi connectivity index (χ3v) is 10.8. The van der Waals surface area contributed by atoms with Crippen LogP contribution in [0.15, 0.2) is 122 Å². The largest absolute Gasteiger partial charge is 0.434 e. The number of alkyl halides is 6.